The molecule has 1 aliphatic heterocycles. The first-order valence-electron chi connectivity index (χ1n) is 14.1. The Hall–Kier alpha value is -3.28. The number of rotatable bonds is 10. The summed E-state index contributed by atoms with van der Waals surface area (Å²) >= 11 is 0. The molecule has 1 heterocycles. The molecule has 0 unspecified atom stereocenters. The van der Waals surface area contributed by atoms with Crippen LogP contribution in [-0.4, -0.2) is 60.3 Å². The van der Waals surface area contributed by atoms with E-state index in [1.807, 2.05) is 98.8 Å². The van der Waals surface area contributed by atoms with E-state index in [9.17, 15) is 14.7 Å². The molecule has 0 radical (unpaired) electrons. The molecule has 0 saturated carbocycles. The van der Waals surface area contributed by atoms with Gasteiger partial charge in [0.1, 0.15) is 5.60 Å². The number of amides is 1. The first kappa shape index (κ1) is 28.7. The maximum atomic E-state index is 12.9. The number of carbonyl (C=O) groups is 2. The standard InChI is InChI=1S/C34H42N2O3/c1-33(2,32(38)35(3)4)27-19-17-26(18-20-27)31(37)16-11-23-36-24-21-30(22-25-36)34(39,28-12-7-5-8-13-28)29-14-9-6-10-15-29/h5-10,12-15,17-20,30,39H,11,16,21-25H2,1-4H3. The van der Waals surface area contributed by atoms with E-state index >= 15 is 0 Å². The number of hydrogen-bond acceptors (Lipinski definition) is 4. The van der Waals surface area contributed by atoms with E-state index in [0.29, 0.717) is 12.0 Å². The van der Waals surface area contributed by atoms with E-state index in [0.717, 1.165) is 55.6 Å². The van der Waals surface area contributed by atoms with Gasteiger partial charge in [-0.15, -0.1) is 0 Å². The van der Waals surface area contributed by atoms with Crippen molar-refractivity contribution < 1.29 is 14.7 Å². The van der Waals surface area contributed by atoms with Crippen molar-refractivity contribution in [2.45, 2.75) is 50.5 Å². The van der Waals surface area contributed by atoms with Gasteiger partial charge in [-0.1, -0.05) is 84.9 Å². The highest BCUT2D eigenvalue weighted by molar-refractivity contribution is 5.96. The van der Waals surface area contributed by atoms with Crippen LogP contribution < -0.4 is 0 Å². The van der Waals surface area contributed by atoms with Gasteiger partial charge in [0.05, 0.1) is 5.41 Å². The monoisotopic (exact) mass is 526 g/mol. The minimum absolute atomic E-state index is 0.0383. The molecule has 0 spiro atoms. The van der Waals surface area contributed by atoms with Crippen LogP contribution in [0.2, 0.25) is 0 Å². The van der Waals surface area contributed by atoms with E-state index in [1.54, 1.807) is 19.0 Å². The summed E-state index contributed by atoms with van der Waals surface area (Å²) in [6, 6.07) is 27.6. The average molecular weight is 527 g/mol. The van der Waals surface area contributed by atoms with Gasteiger partial charge in [-0.2, -0.15) is 0 Å². The van der Waals surface area contributed by atoms with E-state index in [-0.39, 0.29) is 17.6 Å². The number of likely N-dealkylation sites (tertiary alicyclic amines) is 1. The van der Waals surface area contributed by atoms with Gasteiger partial charge in [-0.25, -0.2) is 0 Å². The number of carbonyl (C=O) groups excluding carboxylic acids is 2. The van der Waals surface area contributed by atoms with Crippen LogP contribution in [0.4, 0.5) is 0 Å². The smallest absolute Gasteiger partial charge is 0.232 e. The zero-order chi connectivity index (χ0) is 28.0. The minimum Gasteiger partial charge on any atom is -0.380 e. The molecule has 1 saturated heterocycles. The minimum atomic E-state index is -1.01. The van der Waals surface area contributed by atoms with Crippen LogP contribution in [0.25, 0.3) is 0 Å². The van der Waals surface area contributed by atoms with Crippen LogP contribution in [0, 0.1) is 5.92 Å². The number of hydrogen-bond donors (Lipinski definition) is 1. The fourth-order valence-corrected chi connectivity index (χ4v) is 5.96. The number of ketones is 1. The molecule has 1 amide bonds. The van der Waals surface area contributed by atoms with Crippen molar-refractivity contribution in [1.82, 2.24) is 9.80 Å². The lowest BCUT2D eigenvalue weighted by atomic mass is 9.72. The first-order valence-corrected chi connectivity index (χ1v) is 14.1. The second kappa shape index (κ2) is 12.3. The molecule has 1 aliphatic rings. The van der Waals surface area contributed by atoms with Crippen LogP contribution >= 0.6 is 0 Å². The Labute approximate surface area is 233 Å². The zero-order valence-corrected chi connectivity index (χ0v) is 23.8. The van der Waals surface area contributed by atoms with Gasteiger partial charge in [0.25, 0.3) is 0 Å². The average Bonchev–Trinajstić information content (AvgIpc) is 2.97. The van der Waals surface area contributed by atoms with Crippen molar-refractivity contribution in [1.29, 1.82) is 0 Å². The second-order valence-electron chi connectivity index (χ2n) is 11.5. The maximum absolute atomic E-state index is 12.9. The Kier molecular flexibility index (Phi) is 9.04. The molecule has 0 bridgehead atoms. The Balaban J connectivity index is 1.31. The number of Topliss-reactive ketones (excluding diaryl/α,β-unsaturated/α-hetero) is 1. The summed E-state index contributed by atoms with van der Waals surface area (Å²) < 4.78 is 0. The van der Waals surface area contributed by atoms with Gasteiger partial charge >= 0.3 is 0 Å². The molecule has 0 atom stereocenters. The Bertz CT molecular complexity index is 1190. The molecular formula is C34H42N2O3. The zero-order valence-electron chi connectivity index (χ0n) is 23.8. The topological polar surface area (TPSA) is 60.9 Å². The van der Waals surface area contributed by atoms with Gasteiger partial charge in [0.2, 0.25) is 5.91 Å². The van der Waals surface area contributed by atoms with Gasteiger partial charge in [-0.3, -0.25) is 9.59 Å². The fourth-order valence-electron chi connectivity index (χ4n) is 5.96. The molecule has 1 fully saturated rings. The molecule has 0 aliphatic carbocycles. The van der Waals surface area contributed by atoms with Crippen molar-refractivity contribution >= 4 is 11.7 Å². The van der Waals surface area contributed by atoms with Crippen LogP contribution in [0.1, 0.15) is 66.6 Å². The third kappa shape index (κ3) is 6.32. The summed E-state index contributed by atoms with van der Waals surface area (Å²) in [6.45, 7) is 6.51. The molecule has 5 heteroatoms. The van der Waals surface area contributed by atoms with E-state index in [4.69, 9.17) is 0 Å². The summed E-state index contributed by atoms with van der Waals surface area (Å²) in [5, 5.41) is 12.1. The van der Waals surface area contributed by atoms with Crippen molar-refractivity contribution in [2.24, 2.45) is 5.92 Å². The van der Waals surface area contributed by atoms with Gasteiger partial charge in [-0.05, 0) is 75.4 Å². The number of piperidine rings is 1. The Morgan fingerprint density at radius 1 is 0.821 bits per heavy atom. The van der Waals surface area contributed by atoms with Gasteiger partial charge in [0.15, 0.2) is 5.78 Å². The third-order valence-corrected chi connectivity index (χ3v) is 8.35. The highest BCUT2D eigenvalue weighted by Gasteiger charge is 2.41. The summed E-state index contributed by atoms with van der Waals surface area (Å²) in [7, 11) is 3.52. The Morgan fingerprint density at radius 3 is 1.82 bits per heavy atom. The van der Waals surface area contributed by atoms with Crippen LogP contribution in [-0.2, 0) is 15.8 Å². The summed E-state index contributed by atoms with van der Waals surface area (Å²) in [6.07, 6.45) is 3.10. The van der Waals surface area contributed by atoms with Crippen LogP contribution in [0.3, 0.4) is 0 Å². The van der Waals surface area contributed by atoms with Crippen molar-refractivity contribution in [3.8, 4) is 0 Å². The first-order chi connectivity index (χ1) is 18.6. The number of aliphatic hydroxyl groups is 1. The van der Waals surface area contributed by atoms with E-state index < -0.39 is 11.0 Å². The molecule has 39 heavy (non-hydrogen) atoms. The molecule has 5 nitrogen and oxygen atoms in total. The largest absolute Gasteiger partial charge is 0.380 e. The fraction of sp³-hybridized carbons (Fsp3) is 0.412. The quantitative estimate of drug-likeness (QED) is 0.346. The highest BCUT2D eigenvalue weighted by atomic mass is 16.3. The second-order valence-corrected chi connectivity index (χ2v) is 11.5. The lowest BCUT2D eigenvalue weighted by molar-refractivity contribution is -0.133. The molecule has 206 valence electrons. The van der Waals surface area contributed by atoms with Crippen molar-refractivity contribution in [3.05, 3.63) is 107 Å². The van der Waals surface area contributed by atoms with Crippen LogP contribution in [0.15, 0.2) is 84.9 Å². The van der Waals surface area contributed by atoms with Gasteiger partial charge < -0.3 is 14.9 Å². The summed E-state index contributed by atoms with van der Waals surface area (Å²) in [5.74, 6) is 0.300. The van der Waals surface area contributed by atoms with Crippen LogP contribution in [0.5, 0.6) is 0 Å². The molecular weight excluding hydrogens is 484 g/mol. The van der Waals surface area contributed by atoms with Crippen molar-refractivity contribution in [2.75, 3.05) is 33.7 Å². The van der Waals surface area contributed by atoms with E-state index in [2.05, 4.69) is 4.90 Å². The summed E-state index contributed by atoms with van der Waals surface area (Å²) in [5.41, 5.74) is 1.85. The number of nitrogens with zero attached hydrogens (tertiary/aromatic N) is 2. The number of benzene rings is 3. The molecule has 3 aromatic rings. The third-order valence-electron chi connectivity index (χ3n) is 8.35. The maximum Gasteiger partial charge on any atom is 0.232 e. The van der Waals surface area contributed by atoms with Gasteiger partial charge in [0, 0.05) is 26.1 Å². The molecule has 3 aromatic carbocycles. The predicted octanol–water partition coefficient (Wildman–Crippen LogP) is 5.66. The predicted molar refractivity (Wildman–Crippen MR) is 157 cm³/mol. The van der Waals surface area contributed by atoms with E-state index in [1.165, 1.54) is 0 Å². The highest BCUT2D eigenvalue weighted by Crippen LogP contribution is 2.41. The molecule has 0 aromatic heterocycles. The lowest BCUT2D eigenvalue weighted by Gasteiger charge is -2.42. The SMILES string of the molecule is CN(C)C(=O)C(C)(C)c1ccc(C(=O)CCCN2CCC(C(O)(c3ccccc3)c3ccccc3)CC2)cc1. The number of likely N-dealkylation sites (N-methyl/N-ethyl adjacent to an activating group) is 1. The normalized spacial score (nSPS) is 15.2. The molecule has 4 rings (SSSR count). The van der Waals surface area contributed by atoms with Crippen molar-refractivity contribution in [3.63, 3.8) is 0 Å². The Morgan fingerprint density at radius 2 is 1.33 bits per heavy atom. The molecule has 1 N–H and O–H groups in total. The summed E-state index contributed by atoms with van der Waals surface area (Å²) in [4.78, 5) is 29.4. The lowest BCUT2D eigenvalue weighted by Crippen LogP contribution is -2.44.